The Hall–Kier alpha value is -0.570. The number of β-amino-alcohol motifs (C(OH)–C–C–N with tert-alkyl or cyclic N) is 1. The van der Waals surface area contributed by atoms with E-state index in [1.807, 2.05) is 4.90 Å². The molecule has 1 rings (SSSR count). The summed E-state index contributed by atoms with van der Waals surface area (Å²) in [7, 11) is 0. The van der Waals surface area contributed by atoms with Crippen molar-refractivity contribution in [3.8, 4) is 0 Å². The molecular formula is C13H25NO2. The maximum atomic E-state index is 11.8. The molecule has 1 atom stereocenters. The first-order chi connectivity index (χ1) is 7.38. The summed E-state index contributed by atoms with van der Waals surface area (Å²) in [5, 5.41) is 9.49. The maximum Gasteiger partial charge on any atom is 0.222 e. The Morgan fingerprint density at radius 3 is 2.69 bits per heavy atom. The normalized spacial score (nSPS) is 22.2. The van der Waals surface area contributed by atoms with Gasteiger partial charge in [-0.3, -0.25) is 4.79 Å². The first-order valence-electron chi connectivity index (χ1n) is 6.34. The zero-order valence-corrected chi connectivity index (χ0v) is 10.8. The second-order valence-electron chi connectivity index (χ2n) is 6.05. The van der Waals surface area contributed by atoms with Crippen molar-refractivity contribution >= 4 is 5.91 Å². The monoisotopic (exact) mass is 227 g/mol. The summed E-state index contributed by atoms with van der Waals surface area (Å²) in [5.74, 6) is 0.211. The number of likely N-dealkylation sites (tertiary alicyclic amines) is 1. The van der Waals surface area contributed by atoms with Gasteiger partial charge < -0.3 is 10.0 Å². The van der Waals surface area contributed by atoms with Crippen LogP contribution in [0.5, 0.6) is 0 Å². The van der Waals surface area contributed by atoms with E-state index in [1.165, 1.54) is 0 Å². The summed E-state index contributed by atoms with van der Waals surface area (Å²) in [5.41, 5.74) is 0.307. The molecule has 1 N–H and O–H groups in total. The van der Waals surface area contributed by atoms with Crippen LogP contribution in [0.2, 0.25) is 0 Å². The van der Waals surface area contributed by atoms with Gasteiger partial charge in [0.1, 0.15) is 0 Å². The molecule has 0 bridgehead atoms. The van der Waals surface area contributed by atoms with E-state index in [9.17, 15) is 9.90 Å². The number of aliphatic hydroxyl groups is 1. The number of rotatable bonds is 3. The highest BCUT2D eigenvalue weighted by Crippen LogP contribution is 2.22. The summed E-state index contributed by atoms with van der Waals surface area (Å²) in [6, 6.07) is 0. The molecule has 0 aromatic heterocycles. The molecule has 0 aromatic carbocycles. The summed E-state index contributed by atoms with van der Waals surface area (Å²) >= 11 is 0. The van der Waals surface area contributed by atoms with Gasteiger partial charge in [-0.25, -0.2) is 0 Å². The smallest absolute Gasteiger partial charge is 0.222 e. The van der Waals surface area contributed by atoms with Gasteiger partial charge in [-0.05, 0) is 31.1 Å². The molecule has 0 saturated carbocycles. The zero-order valence-electron chi connectivity index (χ0n) is 10.8. The number of amides is 1. The number of hydrogen-bond acceptors (Lipinski definition) is 2. The largest absolute Gasteiger partial charge is 0.391 e. The van der Waals surface area contributed by atoms with E-state index in [4.69, 9.17) is 0 Å². The van der Waals surface area contributed by atoms with Crippen LogP contribution in [-0.4, -0.2) is 35.1 Å². The van der Waals surface area contributed by atoms with Gasteiger partial charge in [0.15, 0.2) is 0 Å². The molecule has 0 aromatic rings. The van der Waals surface area contributed by atoms with Crippen LogP contribution < -0.4 is 0 Å². The predicted molar refractivity (Wildman–Crippen MR) is 65.1 cm³/mol. The lowest BCUT2D eigenvalue weighted by Crippen LogP contribution is -2.42. The Morgan fingerprint density at radius 2 is 2.12 bits per heavy atom. The van der Waals surface area contributed by atoms with E-state index < -0.39 is 0 Å². The molecule has 1 unspecified atom stereocenters. The fourth-order valence-corrected chi connectivity index (χ4v) is 2.11. The minimum atomic E-state index is -0.305. The number of carbonyl (C=O) groups excluding carboxylic acids is 1. The third kappa shape index (κ3) is 4.97. The van der Waals surface area contributed by atoms with Gasteiger partial charge in [-0.1, -0.05) is 20.8 Å². The average molecular weight is 227 g/mol. The van der Waals surface area contributed by atoms with Crippen LogP contribution in [0, 0.1) is 5.41 Å². The molecule has 1 saturated heterocycles. The highest BCUT2D eigenvalue weighted by atomic mass is 16.3. The standard InChI is InChI=1S/C13H25NO2/c1-13(2,3)8-4-7-12(16)14-9-5-6-11(15)10-14/h11,15H,4-10H2,1-3H3. The van der Waals surface area contributed by atoms with Crippen molar-refractivity contribution in [1.82, 2.24) is 4.90 Å². The number of hydrogen-bond donors (Lipinski definition) is 1. The Bertz CT molecular complexity index is 233. The number of nitrogens with zero attached hydrogens (tertiary/aromatic N) is 1. The second kappa shape index (κ2) is 5.67. The van der Waals surface area contributed by atoms with Crippen molar-refractivity contribution in [2.24, 2.45) is 5.41 Å². The Labute approximate surface area is 98.8 Å². The van der Waals surface area contributed by atoms with Gasteiger partial charge in [0.25, 0.3) is 0 Å². The van der Waals surface area contributed by atoms with E-state index in [1.54, 1.807) is 0 Å². The molecule has 1 heterocycles. The Morgan fingerprint density at radius 1 is 1.44 bits per heavy atom. The van der Waals surface area contributed by atoms with Crippen molar-refractivity contribution in [2.45, 2.75) is 59.0 Å². The summed E-state index contributed by atoms with van der Waals surface area (Å²) < 4.78 is 0. The van der Waals surface area contributed by atoms with Crippen molar-refractivity contribution in [3.63, 3.8) is 0 Å². The topological polar surface area (TPSA) is 40.5 Å². The lowest BCUT2D eigenvalue weighted by molar-refractivity contribution is -0.134. The Kier molecular flexibility index (Phi) is 4.78. The fourth-order valence-electron chi connectivity index (χ4n) is 2.11. The first kappa shape index (κ1) is 13.5. The lowest BCUT2D eigenvalue weighted by Gasteiger charge is -2.30. The zero-order chi connectivity index (χ0) is 12.2. The van der Waals surface area contributed by atoms with Crippen LogP contribution in [0.25, 0.3) is 0 Å². The SMILES string of the molecule is CC(C)(C)CCCC(=O)N1CCCC(O)C1. The van der Waals surface area contributed by atoms with Gasteiger partial charge >= 0.3 is 0 Å². The van der Waals surface area contributed by atoms with E-state index in [2.05, 4.69) is 20.8 Å². The van der Waals surface area contributed by atoms with E-state index in [-0.39, 0.29) is 12.0 Å². The number of aliphatic hydroxyl groups excluding tert-OH is 1. The molecule has 1 aliphatic heterocycles. The van der Waals surface area contributed by atoms with Crippen LogP contribution in [0.3, 0.4) is 0 Å². The summed E-state index contributed by atoms with van der Waals surface area (Å²) in [6.45, 7) is 7.95. The predicted octanol–water partition coefficient (Wildman–Crippen LogP) is 2.19. The van der Waals surface area contributed by atoms with Crippen LogP contribution >= 0.6 is 0 Å². The highest BCUT2D eigenvalue weighted by Gasteiger charge is 2.22. The molecule has 1 fully saturated rings. The van der Waals surface area contributed by atoms with E-state index in [0.29, 0.717) is 18.4 Å². The minimum absolute atomic E-state index is 0.211. The maximum absolute atomic E-state index is 11.8. The molecule has 16 heavy (non-hydrogen) atoms. The van der Waals surface area contributed by atoms with Gasteiger partial charge in [0, 0.05) is 19.5 Å². The molecule has 1 aliphatic rings. The van der Waals surface area contributed by atoms with Crippen LogP contribution in [0.1, 0.15) is 52.9 Å². The first-order valence-corrected chi connectivity index (χ1v) is 6.34. The molecule has 0 aliphatic carbocycles. The van der Waals surface area contributed by atoms with E-state index in [0.717, 1.165) is 32.2 Å². The molecule has 94 valence electrons. The molecule has 0 spiro atoms. The molecule has 0 radical (unpaired) electrons. The van der Waals surface area contributed by atoms with E-state index >= 15 is 0 Å². The summed E-state index contributed by atoms with van der Waals surface area (Å²) in [6.07, 6.45) is 4.13. The van der Waals surface area contributed by atoms with Gasteiger partial charge in [-0.2, -0.15) is 0 Å². The molecule has 3 nitrogen and oxygen atoms in total. The van der Waals surface area contributed by atoms with Crippen molar-refractivity contribution in [2.75, 3.05) is 13.1 Å². The quantitative estimate of drug-likeness (QED) is 0.803. The van der Waals surface area contributed by atoms with Gasteiger partial charge in [0.05, 0.1) is 6.10 Å². The van der Waals surface area contributed by atoms with Crippen molar-refractivity contribution < 1.29 is 9.90 Å². The second-order valence-corrected chi connectivity index (χ2v) is 6.05. The fraction of sp³-hybridized carbons (Fsp3) is 0.923. The molecule has 1 amide bonds. The van der Waals surface area contributed by atoms with Crippen molar-refractivity contribution in [3.05, 3.63) is 0 Å². The number of carbonyl (C=O) groups is 1. The summed E-state index contributed by atoms with van der Waals surface area (Å²) in [4.78, 5) is 13.7. The highest BCUT2D eigenvalue weighted by molar-refractivity contribution is 5.76. The van der Waals surface area contributed by atoms with Gasteiger partial charge in [0.2, 0.25) is 5.91 Å². The minimum Gasteiger partial charge on any atom is -0.391 e. The van der Waals surface area contributed by atoms with Crippen LogP contribution in [0.4, 0.5) is 0 Å². The van der Waals surface area contributed by atoms with Crippen LogP contribution in [0.15, 0.2) is 0 Å². The number of piperidine rings is 1. The van der Waals surface area contributed by atoms with Gasteiger partial charge in [-0.15, -0.1) is 0 Å². The molecular weight excluding hydrogens is 202 g/mol. The lowest BCUT2D eigenvalue weighted by atomic mass is 9.90. The van der Waals surface area contributed by atoms with Crippen LogP contribution in [-0.2, 0) is 4.79 Å². The Balaban J connectivity index is 2.24. The third-order valence-electron chi connectivity index (χ3n) is 3.07. The third-order valence-corrected chi connectivity index (χ3v) is 3.07. The average Bonchev–Trinajstić information content (AvgIpc) is 2.15. The molecule has 3 heteroatoms. The van der Waals surface area contributed by atoms with Crippen molar-refractivity contribution in [1.29, 1.82) is 0 Å².